The highest BCUT2D eigenvalue weighted by molar-refractivity contribution is 5.97. The number of ether oxygens (including phenoxy) is 1. The Morgan fingerprint density at radius 3 is 2.68 bits per heavy atom. The summed E-state index contributed by atoms with van der Waals surface area (Å²) in [6.45, 7) is 5.22. The summed E-state index contributed by atoms with van der Waals surface area (Å²) in [6.07, 6.45) is 1.94. The quantitative estimate of drug-likeness (QED) is 0.479. The van der Waals surface area contributed by atoms with Crippen LogP contribution in [0.15, 0.2) is 66.9 Å². The second-order valence-electron chi connectivity index (χ2n) is 9.99. The van der Waals surface area contributed by atoms with Crippen LogP contribution in [0.25, 0.3) is 0 Å². The lowest BCUT2D eigenvalue weighted by atomic mass is 9.99. The van der Waals surface area contributed by atoms with Gasteiger partial charge in [0.25, 0.3) is 5.91 Å². The largest absolute Gasteiger partial charge is 0.472 e. The number of carbonyl (C=O) groups excluding carboxylic acids is 1. The normalized spacial score (nSPS) is 18.1. The van der Waals surface area contributed by atoms with Crippen LogP contribution in [0.2, 0.25) is 0 Å². The summed E-state index contributed by atoms with van der Waals surface area (Å²) in [5.41, 5.74) is 2.94. The fourth-order valence-electron chi connectivity index (χ4n) is 4.55. The predicted octanol–water partition coefficient (Wildman–Crippen LogP) is 4.17. The number of rotatable bonds is 7. The average molecular weight is 516 g/mol. The van der Waals surface area contributed by atoms with Crippen molar-refractivity contribution in [1.82, 2.24) is 14.8 Å². The Bertz CT molecular complexity index is 1300. The Kier molecular flexibility index (Phi) is 9.11. The van der Waals surface area contributed by atoms with Gasteiger partial charge in [0.1, 0.15) is 17.5 Å². The summed E-state index contributed by atoms with van der Waals surface area (Å²) in [5.74, 6) is 5.99. The number of aliphatic hydroxyl groups is 1. The molecule has 0 saturated heterocycles. The lowest BCUT2D eigenvalue weighted by Crippen LogP contribution is -2.49. The van der Waals surface area contributed by atoms with Gasteiger partial charge >= 0.3 is 0 Å². The maximum absolute atomic E-state index is 13.7. The number of fused-ring (bicyclic) bond motifs is 1. The van der Waals surface area contributed by atoms with E-state index in [0.717, 1.165) is 11.1 Å². The van der Waals surface area contributed by atoms with E-state index in [1.165, 1.54) is 12.1 Å². The molecular weight excluding hydrogens is 481 g/mol. The second kappa shape index (κ2) is 12.7. The fourth-order valence-corrected chi connectivity index (χ4v) is 4.55. The van der Waals surface area contributed by atoms with E-state index in [0.29, 0.717) is 37.2 Å². The van der Waals surface area contributed by atoms with Crippen LogP contribution in [-0.4, -0.2) is 64.7 Å². The van der Waals surface area contributed by atoms with E-state index in [4.69, 9.17) is 4.74 Å². The second-order valence-corrected chi connectivity index (χ2v) is 9.99. The zero-order valence-electron chi connectivity index (χ0n) is 22.1. The highest BCUT2D eigenvalue weighted by Gasteiger charge is 2.34. The summed E-state index contributed by atoms with van der Waals surface area (Å²) in [6, 6.07) is 17.9. The monoisotopic (exact) mass is 515 g/mol. The van der Waals surface area contributed by atoms with Crippen LogP contribution in [0.3, 0.4) is 0 Å². The first kappa shape index (κ1) is 27.3. The number of aromatic nitrogens is 1. The molecule has 1 N–H and O–H groups in total. The third-order valence-corrected chi connectivity index (χ3v) is 6.72. The predicted molar refractivity (Wildman–Crippen MR) is 145 cm³/mol. The molecular formula is C31H34FN3O3. The number of nitrogens with zero attached hydrogens (tertiary/aromatic N) is 3. The smallest absolute Gasteiger partial charge is 0.259 e. The van der Waals surface area contributed by atoms with Gasteiger partial charge in [-0.1, -0.05) is 61.2 Å². The van der Waals surface area contributed by atoms with E-state index in [1.54, 1.807) is 23.2 Å². The number of likely N-dealkylation sites (N-methyl/N-ethyl adjacent to an activating group) is 1. The SMILES string of the molecule is C[C@@H]1CN([C@@H](C)CO)C(=O)c2cc(C#CCc3ccccc3)cnc2O[C@@H]1CN(C)Cc1cccc(F)c1. The van der Waals surface area contributed by atoms with Crippen LogP contribution in [0.1, 0.15) is 40.9 Å². The van der Waals surface area contributed by atoms with Gasteiger partial charge in [0.05, 0.1) is 12.6 Å². The summed E-state index contributed by atoms with van der Waals surface area (Å²) < 4.78 is 20.0. The first-order valence-electron chi connectivity index (χ1n) is 12.9. The first-order chi connectivity index (χ1) is 18.3. The molecule has 0 spiro atoms. The van der Waals surface area contributed by atoms with E-state index in [1.807, 2.05) is 57.3 Å². The zero-order valence-corrected chi connectivity index (χ0v) is 22.1. The van der Waals surface area contributed by atoms with Crippen molar-refractivity contribution in [3.8, 4) is 17.7 Å². The minimum atomic E-state index is -0.366. The Morgan fingerprint density at radius 1 is 1.18 bits per heavy atom. The highest BCUT2D eigenvalue weighted by atomic mass is 19.1. The molecule has 1 aromatic heterocycles. The van der Waals surface area contributed by atoms with Gasteiger partial charge in [0.2, 0.25) is 5.88 Å². The van der Waals surface area contributed by atoms with Crippen molar-refractivity contribution in [2.75, 3.05) is 26.7 Å². The fraction of sp³-hybridized carbons (Fsp3) is 0.355. The van der Waals surface area contributed by atoms with Crippen LogP contribution >= 0.6 is 0 Å². The van der Waals surface area contributed by atoms with Gasteiger partial charge in [-0.15, -0.1) is 0 Å². The molecule has 1 aliphatic rings. The lowest BCUT2D eigenvalue weighted by molar-refractivity contribution is 0.0325. The van der Waals surface area contributed by atoms with Crippen molar-refractivity contribution in [2.24, 2.45) is 5.92 Å². The van der Waals surface area contributed by atoms with Crippen LogP contribution in [0.4, 0.5) is 4.39 Å². The molecule has 0 fully saturated rings. The van der Waals surface area contributed by atoms with E-state index >= 15 is 0 Å². The molecule has 4 rings (SSSR count). The molecule has 6 nitrogen and oxygen atoms in total. The Balaban J connectivity index is 1.58. The molecule has 0 unspecified atom stereocenters. The van der Waals surface area contributed by atoms with Crippen molar-refractivity contribution < 1.29 is 19.0 Å². The third kappa shape index (κ3) is 6.97. The lowest BCUT2D eigenvalue weighted by Gasteiger charge is -2.37. The Labute approximate surface area is 224 Å². The van der Waals surface area contributed by atoms with Gasteiger partial charge in [0.15, 0.2) is 0 Å². The number of halogens is 1. The number of carbonyl (C=O) groups is 1. The van der Waals surface area contributed by atoms with Crippen LogP contribution in [0, 0.1) is 23.6 Å². The molecule has 0 aliphatic carbocycles. The van der Waals surface area contributed by atoms with Crippen molar-refractivity contribution >= 4 is 5.91 Å². The minimum absolute atomic E-state index is 0.0387. The first-order valence-corrected chi connectivity index (χ1v) is 12.9. The number of pyridine rings is 1. The molecule has 2 aromatic carbocycles. The van der Waals surface area contributed by atoms with Gasteiger partial charge in [-0.05, 0) is 43.3 Å². The standard InChI is InChI=1S/C31H34FN3O3/c1-22-18-35(23(2)21-36)31(37)28-16-25(12-7-11-24-9-5-4-6-10-24)17-33-30(28)38-29(22)20-34(3)19-26-13-8-14-27(32)15-26/h4-6,8-10,13-17,22-23,29,36H,11,18-21H2,1-3H3/t22-,23+,29-/m1/s1. The van der Waals surface area contributed by atoms with Crippen LogP contribution in [0.5, 0.6) is 5.88 Å². The molecule has 7 heteroatoms. The van der Waals surface area contributed by atoms with Crippen molar-refractivity contribution in [1.29, 1.82) is 0 Å². The zero-order chi connectivity index (χ0) is 27.1. The molecule has 198 valence electrons. The summed E-state index contributed by atoms with van der Waals surface area (Å²) in [4.78, 5) is 21.8. The molecule has 0 saturated carbocycles. The Hall–Kier alpha value is -3.73. The van der Waals surface area contributed by atoms with Crippen LogP contribution in [-0.2, 0) is 13.0 Å². The molecule has 1 aliphatic heterocycles. The topological polar surface area (TPSA) is 65.9 Å². The summed E-state index contributed by atoms with van der Waals surface area (Å²) in [7, 11) is 1.96. The summed E-state index contributed by atoms with van der Waals surface area (Å²) >= 11 is 0. The van der Waals surface area contributed by atoms with E-state index in [-0.39, 0.29) is 42.3 Å². The molecule has 38 heavy (non-hydrogen) atoms. The molecule has 2 heterocycles. The number of amides is 1. The Morgan fingerprint density at radius 2 is 1.95 bits per heavy atom. The number of aliphatic hydroxyl groups excluding tert-OH is 1. The molecule has 0 radical (unpaired) electrons. The summed E-state index contributed by atoms with van der Waals surface area (Å²) in [5, 5.41) is 9.88. The number of hydrogen-bond donors (Lipinski definition) is 1. The molecule has 1 amide bonds. The average Bonchev–Trinajstić information content (AvgIpc) is 2.91. The number of hydrogen-bond acceptors (Lipinski definition) is 5. The minimum Gasteiger partial charge on any atom is -0.472 e. The van der Waals surface area contributed by atoms with Crippen LogP contribution < -0.4 is 4.74 Å². The van der Waals surface area contributed by atoms with Crippen molar-refractivity contribution in [2.45, 2.75) is 39.0 Å². The number of benzene rings is 2. The maximum Gasteiger partial charge on any atom is 0.259 e. The molecule has 3 atom stereocenters. The van der Waals surface area contributed by atoms with E-state index < -0.39 is 0 Å². The van der Waals surface area contributed by atoms with E-state index in [2.05, 4.69) is 21.7 Å². The van der Waals surface area contributed by atoms with Gasteiger partial charge in [-0.25, -0.2) is 9.37 Å². The van der Waals surface area contributed by atoms with Gasteiger partial charge in [0, 0.05) is 43.7 Å². The molecule has 3 aromatic rings. The highest BCUT2D eigenvalue weighted by Crippen LogP contribution is 2.27. The van der Waals surface area contributed by atoms with Crippen molar-refractivity contribution in [3.63, 3.8) is 0 Å². The van der Waals surface area contributed by atoms with Gasteiger partial charge in [-0.3, -0.25) is 9.69 Å². The molecule has 0 bridgehead atoms. The van der Waals surface area contributed by atoms with E-state index in [9.17, 15) is 14.3 Å². The van der Waals surface area contributed by atoms with Crippen molar-refractivity contribution in [3.05, 3.63) is 94.9 Å². The van der Waals surface area contributed by atoms with Gasteiger partial charge in [-0.2, -0.15) is 0 Å². The third-order valence-electron chi connectivity index (χ3n) is 6.72. The van der Waals surface area contributed by atoms with Gasteiger partial charge < -0.3 is 14.7 Å². The maximum atomic E-state index is 13.7.